The van der Waals surface area contributed by atoms with Gasteiger partial charge in [0.15, 0.2) is 0 Å². The lowest BCUT2D eigenvalue weighted by Gasteiger charge is -2.47. The number of likely N-dealkylation sites (tertiary alicyclic amines) is 2. The van der Waals surface area contributed by atoms with E-state index in [1.807, 2.05) is 6.92 Å². The summed E-state index contributed by atoms with van der Waals surface area (Å²) in [7, 11) is 0. The molecule has 2 heterocycles. The Balaban J connectivity index is 1.98. The Bertz CT molecular complexity index is 247. The molecule has 100 valence electrons. The van der Waals surface area contributed by atoms with Gasteiger partial charge in [-0.2, -0.15) is 0 Å². The van der Waals surface area contributed by atoms with Crippen molar-refractivity contribution in [2.24, 2.45) is 5.92 Å². The van der Waals surface area contributed by atoms with Gasteiger partial charge in [0.05, 0.1) is 11.6 Å². The SMILES string of the molecule is CC(C)CN1CCC(C)(O)C(N2CCCC2)C1. The molecule has 2 aliphatic rings. The van der Waals surface area contributed by atoms with Crippen LogP contribution in [0.25, 0.3) is 0 Å². The molecule has 1 N–H and O–H groups in total. The van der Waals surface area contributed by atoms with Gasteiger partial charge >= 0.3 is 0 Å². The van der Waals surface area contributed by atoms with Crippen molar-refractivity contribution in [2.75, 3.05) is 32.7 Å². The van der Waals surface area contributed by atoms with Crippen LogP contribution in [-0.2, 0) is 0 Å². The maximum atomic E-state index is 10.6. The fourth-order valence-electron chi connectivity index (χ4n) is 3.33. The summed E-state index contributed by atoms with van der Waals surface area (Å²) in [6.45, 7) is 12.2. The van der Waals surface area contributed by atoms with E-state index in [0.717, 1.165) is 25.4 Å². The summed E-state index contributed by atoms with van der Waals surface area (Å²) < 4.78 is 0. The van der Waals surface area contributed by atoms with Crippen LogP contribution in [0, 0.1) is 5.92 Å². The average molecular weight is 240 g/mol. The first-order valence-electron chi connectivity index (χ1n) is 7.18. The van der Waals surface area contributed by atoms with E-state index in [-0.39, 0.29) is 0 Å². The van der Waals surface area contributed by atoms with Crippen molar-refractivity contribution in [3.63, 3.8) is 0 Å². The topological polar surface area (TPSA) is 26.7 Å². The lowest BCUT2D eigenvalue weighted by atomic mass is 9.87. The maximum absolute atomic E-state index is 10.6. The largest absolute Gasteiger partial charge is 0.388 e. The highest BCUT2D eigenvalue weighted by Gasteiger charge is 2.41. The number of hydrogen-bond acceptors (Lipinski definition) is 3. The molecule has 2 rings (SSSR count). The Morgan fingerprint density at radius 1 is 1.24 bits per heavy atom. The standard InChI is InChI=1S/C14H28N2O/c1-12(2)10-15-9-6-14(3,17)13(11-15)16-7-4-5-8-16/h12-13,17H,4-11H2,1-3H3. The summed E-state index contributed by atoms with van der Waals surface area (Å²) in [6, 6.07) is 0.345. The van der Waals surface area contributed by atoms with Crippen molar-refractivity contribution >= 4 is 0 Å². The fourth-order valence-corrected chi connectivity index (χ4v) is 3.33. The Hall–Kier alpha value is -0.120. The molecule has 0 aliphatic carbocycles. The maximum Gasteiger partial charge on any atom is 0.0798 e. The summed E-state index contributed by atoms with van der Waals surface area (Å²) >= 11 is 0. The monoisotopic (exact) mass is 240 g/mol. The quantitative estimate of drug-likeness (QED) is 0.811. The third-order valence-electron chi connectivity index (χ3n) is 4.29. The van der Waals surface area contributed by atoms with Crippen molar-refractivity contribution < 1.29 is 5.11 Å². The summed E-state index contributed by atoms with van der Waals surface area (Å²) in [5.41, 5.74) is -0.488. The molecule has 3 heteroatoms. The minimum atomic E-state index is -0.488. The molecular weight excluding hydrogens is 212 g/mol. The lowest BCUT2D eigenvalue weighted by Crippen LogP contribution is -2.60. The minimum Gasteiger partial charge on any atom is -0.388 e. The Kier molecular flexibility index (Phi) is 4.11. The smallest absolute Gasteiger partial charge is 0.0798 e. The normalized spacial score (nSPS) is 36.9. The van der Waals surface area contributed by atoms with Crippen LogP contribution in [-0.4, -0.2) is 59.3 Å². The lowest BCUT2D eigenvalue weighted by molar-refractivity contribution is -0.0775. The predicted octanol–water partition coefficient (Wildman–Crippen LogP) is 1.56. The Morgan fingerprint density at radius 3 is 2.47 bits per heavy atom. The van der Waals surface area contributed by atoms with Crippen molar-refractivity contribution in [1.29, 1.82) is 0 Å². The molecule has 0 bridgehead atoms. The van der Waals surface area contributed by atoms with E-state index in [2.05, 4.69) is 23.6 Å². The summed E-state index contributed by atoms with van der Waals surface area (Å²) in [5.74, 6) is 0.720. The first-order chi connectivity index (χ1) is 7.99. The van der Waals surface area contributed by atoms with Gasteiger partial charge in [0.2, 0.25) is 0 Å². The highest BCUT2D eigenvalue weighted by atomic mass is 16.3. The second-order valence-corrected chi connectivity index (χ2v) is 6.52. The zero-order valence-corrected chi connectivity index (χ0v) is 11.7. The minimum absolute atomic E-state index is 0.345. The second kappa shape index (κ2) is 5.25. The molecule has 2 fully saturated rings. The summed E-state index contributed by atoms with van der Waals surface area (Å²) in [5, 5.41) is 10.6. The number of hydrogen-bond donors (Lipinski definition) is 1. The van der Waals surface area contributed by atoms with E-state index in [1.165, 1.54) is 32.5 Å². The Labute approximate surface area is 106 Å². The molecule has 0 radical (unpaired) electrons. The molecule has 2 unspecified atom stereocenters. The van der Waals surface area contributed by atoms with Crippen LogP contribution in [0.1, 0.15) is 40.0 Å². The molecule has 2 saturated heterocycles. The molecular formula is C14H28N2O. The first kappa shape index (κ1) is 13.3. The van der Waals surface area contributed by atoms with Crippen molar-refractivity contribution in [1.82, 2.24) is 9.80 Å². The molecule has 2 aliphatic heterocycles. The number of rotatable bonds is 3. The van der Waals surface area contributed by atoms with Crippen LogP contribution in [0.15, 0.2) is 0 Å². The predicted molar refractivity (Wildman–Crippen MR) is 71.1 cm³/mol. The summed E-state index contributed by atoms with van der Waals surface area (Å²) in [6.07, 6.45) is 3.52. The zero-order valence-electron chi connectivity index (χ0n) is 11.7. The van der Waals surface area contributed by atoms with Crippen LogP contribution in [0.5, 0.6) is 0 Å². The van der Waals surface area contributed by atoms with Gasteiger partial charge < -0.3 is 10.0 Å². The molecule has 0 aromatic heterocycles. The third-order valence-corrected chi connectivity index (χ3v) is 4.29. The van der Waals surface area contributed by atoms with Crippen LogP contribution in [0.4, 0.5) is 0 Å². The molecule has 0 aromatic carbocycles. The van der Waals surface area contributed by atoms with E-state index >= 15 is 0 Å². The molecule has 0 spiro atoms. The summed E-state index contributed by atoms with van der Waals surface area (Å²) in [4.78, 5) is 5.04. The molecule has 3 nitrogen and oxygen atoms in total. The fraction of sp³-hybridized carbons (Fsp3) is 1.00. The molecule has 17 heavy (non-hydrogen) atoms. The van der Waals surface area contributed by atoms with Gasteiger partial charge in [0, 0.05) is 19.6 Å². The van der Waals surface area contributed by atoms with Crippen LogP contribution < -0.4 is 0 Å². The zero-order chi connectivity index (χ0) is 12.5. The molecule has 0 saturated carbocycles. The van der Waals surface area contributed by atoms with E-state index in [0.29, 0.717) is 6.04 Å². The van der Waals surface area contributed by atoms with Gasteiger partial charge in [-0.3, -0.25) is 4.90 Å². The number of nitrogens with zero attached hydrogens (tertiary/aromatic N) is 2. The van der Waals surface area contributed by atoms with Crippen LogP contribution in [0.3, 0.4) is 0 Å². The van der Waals surface area contributed by atoms with Crippen LogP contribution in [0.2, 0.25) is 0 Å². The van der Waals surface area contributed by atoms with Gasteiger partial charge in [-0.15, -0.1) is 0 Å². The number of piperidine rings is 1. The van der Waals surface area contributed by atoms with Crippen molar-refractivity contribution in [3.05, 3.63) is 0 Å². The highest BCUT2D eigenvalue weighted by Crippen LogP contribution is 2.29. The van der Waals surface area contributed by atoms with Gasteiger partial charge in [0.1, 0.15) is 0 Å². The Morgan fingerprint density at radius 2 is 1.88 bits per heavy atom. The van der Waals surface area contributed by atoms with E-state index in [4.69, 9.17) is 0 Å². The van der Waals surface area contributed by atoms with Crippen LogP contribution >= 0.6 is 0 Å². The van der Waals surface area contributed by atoms with Gasteiger partial charge in [-0.1, -0.05) is 13.8 Å². The van der Waals surface area contributed by atoms with E-state index in [1.54, 1.807) is 0 Å². The van der Waals surface area contributed by atoms with Gasteiger partial charge in [0.25, 0.3) is 0 Å². The van der Waals surface area contributed by atoms with Crippen molar-refractivity contribution in [2.45, 2.75) is 51.7 Å². The number of aliphatic hydroxyl groups is 1. The second-order valence-electron chi connectivity index (χ2n) is 6.52. The third kappa shape index (κ3) is 3.21. The van der Waals surface area contributed by atoms with Gasteiger partial charge in [-0.05, 0) is 45.2 Å². The van der Waals surface area contributed by atoms with E-state index in [9.17, 15) is 5.11 Å². The molecule has 0 amide bonds. The highest BCUT2D eigenvalue weighted by molar-refractivity contribution is 4.97. The molecule has 2 atom stereocenters. The van der Waals surface area contributed by atoms with Crippen molar-refractivity contribution in [3.8, 4) is 0 Å². The average Bonchev–Trinajstić information content (AvgIpc) is 2.73. The van der Waals surface area contributed by atoms with E-state index < -0.39 is 5.60 Å². The first-order valence-corrected chi connectivity index (χ1v) is 7.18. The van der Waals surface area contributed by atoms with Gasteiger partial charge in [-0.25, -0.2) is 0 Å². The molecule has 0 aromatic rings.